The van der Waals surface area contributed by atoms with E-state index in [-0.39, 0.29) is 49.2 Å². The maximum Gasteiger partial charge on any atom is 0.322 e. The molecule has 0 aliphatic carbocycles. The van der Waals surface area contributed by atoms with Crippen molar-refractivity contribution in [2.24, 2.45) is 5.92 Å². The van der Waals surface area contributed by atoms with Gasteiger partial charge in [-0.1, -0.05) is 30.3 Å². The van der Waals surface area contributed by atoms with Gasteiger partial charge in [0.2, 0.25) is 5.91 Å². The highest BCUT2D eigenvalue weighted by atomic mass is 16.5. The molecule has 3 aliphatic rings. The maximum atomic E-state index is 13.7. The van der Waals surface area contributed by atoms with E-state index in [1.54, 1.807) is 21.6 Å². The van der Waals surface area contributed by atoms with Crippen LogP contribution in [0.2, 0.25) is 0 Å². The monoisotopic (exact) mass is 560 g/mol. The Morgan fingerprint density at radius 3 is 2.41 bits per heavy atom. The Kier molecular flexibility index (Phi) is 8.56. The highest BCUT2D eigenvalue weighted by Gasteiger charge is 2.43. The standard InChI is InChI=1S/C31H36N4O6/c1-3-35-25-20-34(18-15-26(36)33-16-13-21(14-17-33)30(38)40-4-2)29(37)27(25)28(32-31(35)39)22-9-8-12-24(19-22)41-23-10-6-5-7-11-23/h5-12,19,21,28H,3-4,13-18,20H2,1-2H3,(H,32,39)/t28-/m1/s1. The molecule has 0 saturated carbocycles. The van der Waals surface area contributed by atoms with Gasteiger partial charge < -0.3 is 24.6 Å². The first-order valence-corrected chi connectivity index (χ1v) is 14.3. The van der Waals surface area contributed by atoms with Crippen LogP contribution < -0.4 is 10.1 Å². The van der Waals surface area contributed by atoms with Crippen LogP contribution in [-0.4, -0.2) is 77.8 Å². The molecule has 0 bridgehead atoms. The third-order valence-electron chi connectivity index (χ3n) is 7.85. The van der Waals surface area contributed by atoms with Crippen molar-refractivity contribution in [1.82, 2.24) is 20.0 Å². The number of piperidine rings is 1. The first kappa shape index (κ1) is 28.2. The normalized spacial score (nSPS) is 19.3. The number of para-hydroxylation sites is 1. The maximum absolute atomic E-state index is 13.7. The van der Waals surface area contributed by atoms with Gasteiger partial charge >= 0.3 is 12.0 Å². The molecule has 5 rings (SSSR count). The van der Waals surface area contributed by atoms with Crippen LogP contribution in [-0.2, 0) is 19.1 Å². The van der Waals surface area contributed by atoms with E-state index in [1.165, 1.54) is 0 Å². The number of likely N-dealkylation sites (tertiary alicyclic amines) is 1. The highest BCUT2D eigenvalue weighted by Crippen LogP contribution is 2.37. The molecule has 0 unspecified atom stereocenters. The van der Waals surface area contributed by atoms with Gasteiger partial charge in [0.15, 0.2) is 0 Å². The summed E-state index contributed by atoms with van der Waals surface area (Å²) in [6.07, 6.45) is 1.34. The summed E-state index contributed by atoms with van der Waals surface area (Å²) in [4.78, 5) is 56.8. The number of carbonyl (C=O) groups is 4. The minimum atomic E-state index is -0.630. The number of esters is 1. The summed E-state index contributed by atoms with van der Waals surface area (Å²) in [6.45, 7) is 5.94. The molecule has 0 aromatic heterocycles. The molecule has 0 radical (unpaired) electrons. The average molecular weight is 561 g/mol. The Balaban J connectivity index is 1.26. The van der Waals surface area contributed by atoms with E-state index in [9.17, 15) is 19.2 Å². The fraction of sp³-hybridized carbons (Fsp3) is 0.419. The molecule has 3 aliphatic heterocycles. The van der Waals surface area contributed by atoms with E-state index >= 15 is 0 Å². The quantitative estimate of drug-likeness (QED) is 0.467. The minimum Gasteiger partial charge on any atom is -0.466 e. The Morgan fingerprint density at radius 2 is 1.71 bits per heavy atom. The number of hydrogen-bond acceptors (Lipinski definition) is 6. The second-order valence-corrected chi connectivity index (χ2v) is 10.4. The Labute approximate surface area is 239 Å². The minimum absolute atomic E-state index is 0.0474. The topological polar surface area (TPSA) is 108 Å². The van der Waals surface area contributed by atoms with Gasteiger partial charge in [-0.3, -0.25) is 19.3 Å². The predicted octanol–water partition coefficient (Wildman–Crippen LogP) is 3.85. The third-order valence-corrected chi connectivity index (χ3v) is 7.85. The Morgan fingerprint density at radius 1 is 0.976 bits per heavy atom. The number of carbonyl (C=O) groups excluding carboxylic acids is 4. The Hall–Kier alpha value is -4.34. The lowest BCUT2D eigenvalue weighted by molar-refractivity contribution is -0.151. The van der Waals surface area contributed by atoms with E-state index in [0.29, 0.717) is 61.9 Å². The van der Waals surface area contributed by atoms with Crippen LogP contribution in [0.15, 0.2) is 65.9 Å². The number of nitrogens with one attached hydrogen (secondary N) is 1. The SMILES string of the molecule is CCOC(=O)C1CCN(C(=O)CCN2CC3=C(C2=O)[C@@H](c2cccc(Oc4ccccc4)c2)NC(=O)N3CC)CC1. The fourth-order valence-corrected chi connectivity index (χ4v) is 5.71. The zero-order chi connectivity index (χ0) is 28.9. The van der Waals surface area contributed by atoms with E-state index in [0.717, 1.165) is 5.56 Å². The van der Waals surface area contributed by atoms with Crippen molar-refractivity contribution < 1.29 is 28.7 Å². The summed E-state index contributed by atoms with van der Waals surface area (Å²) in [6, 6.07) is 15.9. The van der Waals surface area contributed by atoms with Gasteiger partial charge in [-0.15, -0.1) is 0 Å². The van der Waals surface area contributed by atoms with Gasteiger partial charge in [-0.2, -0.15) is 0 Å². The molecule has 1 fully saturated rings. The zero-order valence-electron chi connectivity index (χ0n) is 23.5. The van der Waals surface area contributed by atoms with Crippen LogP contribution in [0.3, 0.4) is 0 Å². The van der Waals surface area contributed by atoms with Crippen LogP contribution in [0, 0.1) is 5.92 Å². The molecule has 1 saturated heterocycles. The summed E-state index contributed by atoms with van der Waals surface area (Å²) in [5, 5.41) is 3.00. The van der Waals surface area contributed by atoms with Gasteiger partial charge in [0.1, 0.15) is 11.5 Å². The molecule has 1 atom stereocenters. The summed E-state index contributed by atoms with van der Waals surface area (Å²) in [5.41, 5.74) is 1.93. The number of benzene rings is 2. The van der Waals surface area contributed by atoms with E-state index in [2.05, 4.69) is 5.32 Å². The number of nitrogens with zero attached hydrogens (tertiary/aromatic N) is 3. The van der Waals surface area contributed by atoms with E-state index < -0.39 is 6.04 Å². The third kappa shape index (κ3) is 6.06. The van der Waals surface area contributed by atoms with Crippen molar-refractivity contribution in [2.45, 2.75) is 39.2 Å². The largest absolute Gasteiger partial charge is 0.466 e. The van der Waals surface area contributed by atoms with E-state index in [4.69, 9.17) is 9.47 Å². The first-order chi connectivity index (χ1) is 19.9. The molecule has 41 heavy (non-hydrogen) atoms. The highest BCUT2D eigenvalue weighted by molar-refractivity contribution is 6.01. The molecular formula is C31H36N4O6. The molecule has 0 spiro atoms. The molecule has 216 valence electrons. The second-order valence-electron chi connectivity index (χ2n) is 10.4. The second kappa shape index (κ2) is 12.4. The fourth-order valence-electron chi connectivity index (χ4n) is 5.71. The first-order valence-electron chi connectivity index (χ1n) is 14.3. The van der Waals surface area contributed by atoms with Crippen molar-refractivity contribution in [1.29, 1.82) is 0 Å². The summed E-state index contributed by atoms with van der Waals surface area (Å²) in [5.74, 6) is 0.679. The number of rotatable bonds is 9. The van der Waals surface area contributed by atoms with Crippen LogP contribution in [0.25, 0.3) is 0 Å². The number of ether oxygens (including phenoxy) is 2. The van der Waals surface area contributed by atoms with Crippen molar-refractivity contribution in [3.63, 3.8) is 0 Å². The van der Waals surface area contributed by atoms with Gasteiger partial charge in [0, 0.05) is 32.6 Å². The molecule has 10 heteroatoms. The van der Waals surface area contributed by atoms with Crippen LogP contribution in [0.4, 0.5) is 4.79 Å². The molecule has 4 amide bonds. The molecule has 1 N–H and O–H groups in total. The number of hydrogen-bond donors (Lipinski definition) is 1. The zero-order valence-corrected chi connectivity index (χ0v) is 23.5. The predicted molar refractivity (Wildman–Crippen MR) is 151 cm³/mol. The number of urea groups is 1. The van der Waals surface area contributed by atoms with Crippen LogP contribution >= 0.6 is 0 Å². The van der Waals surface area contributed by atoms with Crippen molar-refractivity contribution in [2.75, 3.05) is 39.3 Å². The smallest absolute Gasteiger partial charge is 0.322 e. The van der Waals surface area contributed by atoms with Crippen molar-refractivity contribution in [3.8, 4) is 11.5 Å². The van der Waals surface area contributed by atoms with Gasteiger partial charge in [-0.05, 0) is 56.5 Å². The van der Waals surface area contributed by atoms with Crippen LogP contribution in [0.1, 0.15) is 44.7 Å². The lowest BCUT2D eigenvalue weighted by Crippen LogP contribution is -2.47. The molecular weight excluding hydrogens is 524 g/mol. The molecule has 2 aromatic rings. The molecule has 3 heterocycles. The lowest BCUT2D eigenvalue weighted by atomic mass is 9.95. The summed E-state index contributed by atoms with van der Waals surface area (Å²) in [7, 11) is 0. The summed E-state index contributed by atoms with van der Waals surface area (Å²) < 4.78 is 11.1. The van der Waals surface area contributed by atoms with Gasteiger partial charge in [0.05, 0.1) is 36.4 Å². The lowest BCUT2D eigenvalue weighted by Gasteiger charge is -2.33. The average Bonchev–Trinajstić information content (AvgIpc) is 3.32. The van der Waals surface area contributed by atoms with Gasteiger partial charge in [-0.25, -0.2) is 4.79 Å². The van der Waals surface area contributed by atoms with E-state index in [1.807, 2.05) is 61.5 Å². The van der Waals surface area contributed by atoms with Gasteiger partial charge in [0.25, 0.3) is 5.91 Å². The van der Waals surface area contributed by atoms with Crippen LogP contribution in [0.5, 0.6) is 11.5 Å². The number of likely N-dealkylation sites (N-methyl/N-ethyl adjacent to an activating group) is 1. The summed E-state index contributed by atoms with van der Waals surface area (Å²) >= 11 is 0. The van der Waals surface area contributed by atoms with Crippen molar-refractivity contribution >= 4 is 23.8 Å². The van der Waals surface area contributed by atoms with Crippen molar-refractivity contribution in [3.05, 3.63) is 71.4 Å². The number of amides is 4. The molecule has 2 aromatic carbocycles. The molecule has 10 nitrogen and oxygen atoms in total. The Bertz CT molecular complexity index is 1340.